The van der Waals surface area contributed by atoms with Crippen LogP contribution in [0, 0.1) is 0 Å². The van der Waals surface area contributed by atoms with Crippen LogP contribution in [0.2, 0.25) is 0 Å². The number of para-hydroxylation sites is 1. The van der Waals surface area contributed by atoms with Crippen molar-refractivity contribution >= 4 is 24.3 Å². The maximum Gasteiger partial charge on any atom is 0.357 e. The van der Waals surface area contributed by atoms with Crippen LogP contribution in [0.5, 0.6) is 0 Å². The first kappa shape index (κ1) is 12.6. The number of epoxide rings is 1. The first-order valence-electron chi connectivity index (χ1n) is 5.86. The second-order valence-electron chi connectivity index (χ2n) is 4.63. The largest absolute Gasteiger partial charge is 0.397 e. The molecule has 102 valence electrons. The van der Waals surface area contributed by atoms with Gasteiger partial charge in [-0.3, -0.25) is 4.57 Å². The molecule has 1 aromatic carbocycles. The van der Waals surface area contributed by atoms with Gasteiger partial charge in [0.15, 0.2) is 11.4 Å². The molecule has 3 rings (SSSR count). The van der Waals surface area contributed by atoms with Gasteiger partial charge >= 0.3 is 7.60 Å². The molecule has 0 amide bonds. The van der Waals surface area contributed by atoms with E-state index >= 15 is 0 Å². The summed E-state index contributed by atoms with van der Waals surface area (Å²) in [6.07, 6.45) is 0.419. The Balaban J connectivity index is 2.10. The molecule has 1 aliphatic rings. The van der Waals surface area contributed by atoms with Crippen LogP contribution in [-0.4, -0.2) is 25.6 Å². The Morgan fingerprint density at radius 1 is 1.58 bits per heavy atom. The second-order valence-corrected chi connectivity index (χ2v) is 6.28. The number of imidazole rings is 1. The first-order chi connectivity index (χ1) is 8.88. The van der Waals surface area contributed by atoms with Crippen molar-refractivity contribution in [3.05, 3.63) is 24.0 Å². The maximum absolute atomic E-state index is 11.3. The molecular formula is C11H14N3O4P. The minimum atomic E-state index is -4.30. The summed E-state index contributed by atoms with van der Waals surface area (Å²) < 4.78 is 16.6. The van der Waals surface area contributed by atoms with Gasteiger partial charge in [0.1, 0.15) is 11.3 Å². The molecule has 2 atom stereocenters. The highest BCUT2D eigenvalue weighted by atomic mass is 31.2. The molecule has 2 unspecified atom stereocenters. The van der Waals surface area contributed by atoms with E-state index in [-0.39, 0.29) is 0 Å². The van der Waals surface area contributed by atoms with Crippen molar-refractivity contribution < 1.29 is 19.1 Å². The lowest BCUT2D eigenvalue weighted by molar-refractivity contribution is 0.279. The Bertz CT molecular complexity index is 694. The van der Waals surface area contributed by atoms with Crippen LogP contribution in [-0.2, 0) is 14.9 Å². The maximum atomic E-state index is 11.3. The molecule has 0 saturated carbocycles. The van der Waals surface area contributed by atoms with Crippen LogP contribution in [0.25, 0.3) is 11.0 Å². The Morgan fingerprint density at radius 2 is 2.32 bits per heavy atom. The summed E-state index contributed by atoms with van der Waals surface area (Å²) in [4.78, 5) is 25.8. The predicted molar refractivity (Wildman–Crippen MR) is 69.4 cm³/mol. The van der Waals surface area contributed by atoms with Gasteiger partial charge in [-0.2, -0.15) is 0 Å². The molecule has 7 nitrogen and oxygen atoms in total. The number of hydrogen-bond acceptors (Lipinski definition) is 4. The fourth-order valence-electron chi connectivity index (χ4n) is 2.36. The van der Waals surface area contributed by atoms with Gasteiger partial charge in [-0.05, 0) is 18.6 Å². The number of nitrogens with one attached hydrogen (secondary N) is 1. The molecule has 0 aliphatic carbocycles. The highest BCUT2D eigenvalue weighted by Crippen LogP contribution is 2.64. The standard InChI is InChI=1S/C11H14N3O4P/c1-2-11(10(18-11)19(15,16)17)9-13-7-5-3-4-6(12)8(7)14-9/h3-5,10H,2,12H2,1H3,(H,13,14)(H2,15,16,17). The minimum absolute atomic E-state index is 0.413. The number of aromatic nitrogens is 2. The van der Waals surface area contributed by atoms with Gasteiger partial charge in [-0.1, -0.05) is 13.0 Å². The smallest absolute Gasteiger partial charge is 0.357 e. The summed E-state index contributed by atoms with van der Waals surface area (Å²) in [6.45, 7) is 1.80. The van der Waals surface area contributed by atoms with Crippen LogP contribution in [0.4, 0.5) is 5.69 Å². The fraction of sp³-hybridized carbons (Fsp3) is 0.364. The number of H-pyrrole nitrogens is 1. The topological polar surface area (TPSA) is 125 Å². The highest BCUT2D eigenvalue weighted by Gasteiger charge is 2.67. The van der Waals surface area contributed by atoms with Crippen LogP contribution >= 0.6 is 7.60 Å². The number of ether oxygens (including phenoxy) is 1. The summed E-state index contributed by atoms with van der Waals surface area (Å²) in [6, 6.07) is 5.31. The molecule has 2 heterocycles. The molecule has 0 radical (unpaired) electrons. The summed E-state index contributed by atoms with van der Waals surface area (Å²) in [5.41, 5.74) is 6.61. The lowest BCUT2D eigenvalue weighted by Gasteiger charge is -2.07. The van der Waals surface area contributed by atoms with Crippen LogP contribution < -0.4 is 5.73 Å². The summed E-state index contributed by atoms with van der Waals surface area (Å²) in [7, 11) is -4.30. The third-order valence-electron chi connectivity index (χ3n) is 3.44. The third kappa shape index (κ3) is 1.78. The van der Waals surface area contributed by atoms with Crippen molar-refractivity contribution in [3.63, 3.8) is 0 Å². The molecule has 19 heavy (non-hydrogen) atoms. The monoisotopic (exact) mass is 283 g/mol. The van der Waals surface area contributed by atoms with Gasteiger partial charge in [0.25, 0.3) is 0 Å². The number of nitrogens with zero attached hydrogens (tertiary/aromatic N) is 1. The zero-order valence-corrected chi connectivity index (χ0v) is 11.1. The van der Waals surface area contributed by atoms with Crippen LogP contribution in [0.15, 0.2) is 18.2 Å². The number of fused-ring (bicyclic) bond motifs is 1. The number of aromatic amines is 1. The lowest BCUT2D eigenvalue weighted by Crippen LogP contribution is -2.14. The van der Waals surface area contributed by atoms with E-state index in [1.165, 1.54) is 0 Å². The first-order valence-corrected chi connectivity index (χ1v) is 7.54. The molecule has 1 aliphatic heterocycles. The Hall–Kier alpha value is -1.40. The number of anilines is 1. The lowest BCUT2D eigenvalue weighted by atomic mass is 10.1. The normalized spacial score (nSPS) is 26.8. The van der Waals surface area contributed by atoms with Crippen molar-refractivity contribution in [2.75, 3.05) is 5.73 Å². The van der Waals surface area contributed by atoms with Gasteiger partial charge in [0, 0.05) is 0 Å². The van der Waals surface area contributed by atoms with Crippen LogP contribution in [0.1, 0.15) is 19.2 Å². The predicted octanol–water partition coefficient (Wildman–Crippen LogP) is 1.28. The number of nitrogen functional groups attached to an aromatic ring is 1. The molecule has 1 aromatic heterocycles. The van der Waals surface area contributed by atoms with E-state index in [0.29, 0.717) is 23.4 Å². The summed E-state index contributed by atoms with van der Waals surface area (Å²) in [5.74, 6) is -0.719. The van der Waals surface area contributed by atoms with E-state index in [0.717, 1.165) is 5.52 Å². The van der Waals surface area contributed by atoms with Gasteiger partial charge < -0.3 is 25.2 Å². The summed E-state index contributed by atoms with van der Waals surface area (Å²) in [5, 5.41) is 0. The Kier molecular flexibility index (Phi) is 2.53. The molecule has 8 heteroatoms. The van der Waals surface area contributed by atoms with E-state index in [1.807, 2.05) is 0 Å². The van der Waals surface area contributed by atoms with Crippen molar-refractivity contribution in [2.45, 2.75) is 24.8 Å². The van der Waals surface area contributed by atoms with E-state index in [1.54, 1.807) is 25.1 Å². The van der Waals surface area contributed by atoms with E-state index in [4.69, 9.17) is 10.5 Å². The number of rotatable bonds is 3. The van der Waals surface area contributed by atoms with E-state index < -0.39 is 19.0 Å². The number of benzene rings is 1. The van der Waals surface area contributed by atoms with E-state index in [2.05, 4.69) is 9.97 Å². The molecule has 1 saturated heterocycles. The molecule has 5 N–H and O–H groups in total. The Labute approximate surface area is 109 Å². The molecule has 0 spiro atoms. The highest BCUT2D eigenvalue weighted by molar-refractivity contribution is 7.52. The zero-order valence-electron chi connectivity index (χ0n) is 10.2. The zero-order chi connectivity index (χ0) is 13.8. The third-order valence-corrected chi connectivity index (χ3v) is 4.57. The fourth-order valence-corrected chi connectivity index (χ4v) is 3.53. The molecule has 1 fully saturated rings. The quantitative estimate of drug-likeness (QED) is 0.382. The average molecular weight is 283 g/mol. The molecule has 0 bridgehead atoms. The van der Waals surface area contributed by atoms with Gasteiger partial charge in [0.05, 0.1) is 11.2 Å². The minimum Gasteiger partial charge on any atom is -0.397 e. The number of nitrogens with two attached hydrogens (primary N) is 1. The van der Waals surface area contributed by atoms with Gasteiger partial charge in [0.2, 0.25) is 0 Å². The molecular weight excluding hydrogens is 269 g/mol. The second kappa shape index (κ2) is 3.80. The number of hydrogen-bond donors (Lipinski definition) is 4. The SMILES string of the molecule is CCC1(c2nc3c(N)cccc3[nH]2)OC1P(=O)(O)O. The van der Waals surface area contributed by atoms with Crippen molar-refractivity contribution in [2.24, 2.45) is 0 Å². The van der Waals surface area contributed by atoms with E-state index in [9.17, 15) is 14.4 Å². The van der Waals surface area contributed by atoms with Gasteiger partial charge in [-0.25, -0.2) is 4.98 Å². The van der Waals surface area contributed by atoms with Crippen molar-refractivity contribution in [3.8, 4) is 0 Å². The van der Waals surface area contributed by atoms with Crippen molar-refractivity contribution in [1.29, 1.82) is 0 Å². The van der Waals surface area contributed by atoms with Crippen molar-refractivity contribution in [1.82, 2.24) is 9.97 Å². The summed E-state index contributed by atoms with van der Waals surface area (Å²) >= 11 is 0. The molecule has 2 aromatic rings. The van der Waals surface area contributed by atoms with Crippen LogP contribution in [0.3, 0.4) is 0 Å². The Morgan fingerprint density at radius 3 is 2.84 bits per heavy atom. The van der Waals surface area contributed by atoms with Gasteiger partial charge in [-0.15, -0.1) is 0 Å². The average Bonchev–Trinajstić information content (AvgIpc) is 2.95.